The van der Waals surface area contributed by atoms with Crippen LogP contribution in [0.3, 0.4) is 0 Å². The number of nitrogens with one attached hydrogen (secondary N) is 2. The van der Waals surface area contributed by atoms with Crippen LogP contribution >= 0.6 is 0 Å². The maximum absolute atomic E-state index is 12.8. The summed E-state index contributed by atoms with van der Waals surface area (Å²) in [6, 6.07) is 20.9. The maximum atomic E-state index is 12.8. The zero-order valence-electron chi connectivity index (χ0n) is 17.4. The summed E-state index contributed by atoms with van der Waals surface area (Å²) in [5.41, 5.74) is 2.09. The van der Waals surface area contributed by atoms with Gasteiger partial charge in [-0.2, -0.15) is 0 Å². The van der Waals surface area contributed by atoms with Crippen LogP contribution < -0.4 is 19.5 Å². The molecule has 0 aliphatic carbocycles. The Morgan fingerprint density at radius 3 is 2.28 bits per heavy atom. The molecule has 0 atom stereocenters. The molecule has 1 aliphatic heterocycles. The van der Waals surface area contributed by atoms with E-state index >= 15 is 0 Å². The van der Waals surface area contributed by atoms with Crippen LogP contribution in [0.2, 0.25) is 0 Å². The lowest BCUT2D eigenvalue weighted by Crippen LogP contribution is -2.14. The predicted octanol–water partition coefficient (Wildman–Crippen LogP) is 4.22. The van der Waals surface area contributed by atoms with Gasteiger partial charge < -0.3 is 14.8 Å². The van der Waals surface area contributed by atoms with Gasteiger partial charge in [-0.1, -0.05) is 30.3 Å². The van der Waals surface area contributed by atoms with E-state index in [2.05, 4.69) is 10.0 Å². The molecule has 32 heavy (non-hydrogen) atoms. The van der Waals surface area contributed by atoms with Crippen molar-refractivity contribution < 1.29 is 22.7 Å². The van der Waals surface area contributed by atoms with E-state index in [0.717, 1.165) is 12.0 Å². The van der Waals surface area contributed by atoms with Crippen LogP contribution in [0.1, 0.15) is 18.4 Å². The number of aryl methyl sites for hydroxylation is 1. The van der Waals surface area contributed by atoms with E-state index in [-0.39, 0.29) is 10.8 Å². The summed E-state index contributed by atoms with van der Waals surface area (Å²) in [5.74, 6) is 0.849. The zero-order chi connectivity index (χ0) is 22.4. The van der Waals surface area contributed by atoms with E-state index in [1.165, 1.54) is 12.1 Å². The smallest absolute Gasteiger partial charge is 0.262 e. The molecule has 0 radical (unpaired) electrons. The molecule has 0 spiro atoms. The number of sulfonamides is 1. The van der Waals surface area contributed by atoms with Crippen molar-refractivity contribution in [1.82, 2.24) is 0 Å². The number of hydrogen-bond donors (Lipinski definition) is 2. The Balaban J connectivity index is 1.36. The third-order valence-electron chi connectivity index (χ3n) is 4.93. The summed E-state index contributed by atoms with van der Waals surface area (Å²) in [4.78, 5) is 12.3. The van der Waals surface area contributed by atoms with Crippen LogP contribution in [0.5, 0.6) is 11.5 Å². The highest BCUT2D eigenvalue weighted by Crippen LogP contribution is 2.32. The van der Waals surface area contributed by atoms with E-state index in [9.17, 15) is 13.2 Å². The molecule has 0 fully saturated rings. The van der Waals surface area contributed by atoms with Crippen LogP contribution in [-0.4, -0.2) is 27.5 Å². The molecule has 0 unspecified atom stereocenters. The van der Waals surface area contributed by atoms with Crippen molar-refractivity contribution in [2.24, 2.45) is 0 Å². The number of fused-ring (bicyclic) bond motifs is 1. The van der Waals surface area contributed by atoms with Crippen LogP contribution in [0.25, 0.3) is 0 Å². The topological polar surface area (TPSA) is 93.7 Å². The number of amides is 1. The minimum Gasteiger partial charge on any atom is -0.490 e. The molecular formula is C24H24N2O5S. The van der Waals surface area contributed by atoms with Crippen molar-refractivity contribution in [2.75, 3.05) is 23.3 Å². The first-order valence-corrected chi connectivity index (χ1v) is 11.8. The van der Waals surface area contributed by atoms with Gasteiger partial charge in [0.15, 0.2) is 11.5 Å². The van der Waals surface area contributed by atoms with Gasteiger partial charge in [0.2, 0.25) is 5.91 Å². The molecule has 7 nitrogen and oxygen atoms in total. The summed E-state index contributed by atoms with van der Waals surface area (Å²) in [7, 11) is -3.81. The van der Waals surface area contributed by atoms with Crippen LogP contribution in [0, 0.1) is 0 Å². The SMILES string of the molecule is O=C(CCc1ccccc1)Nc1ccc(NS(=O)(=O)c2ccc3c(c2)OCCCO3)cc1. The van der Waals surface area contributed by atoms with E-state index in [1.54, 1.807) is 30.3 Å². The Hall–Kier alpha value is -3.52. The molecule has 1 aliphatic rings. The van der Waals surface area contributed by atoms with Crippen molar-refractivity contribution in [3.05, 3.63) is 78.4 Å². The first-order valence-electron chi connectivity index (χ1n) is 10.4. The van der Waals surface area contributed by atoms with Gasteiger partial charge in [-0.15, -0.1) is 0 Å². The van der Waals surface area contributed by atoms with Gasteiger partial charge in [0.25, 0.3) is 10.0 Å². The van der Waals surface area contributed by atoms with Crippen molar-refractivity contribution in [3.63, 3.8) is 0 Å². The molecule has 8 heteroatoms. The van der Waals surface area contributed by atoms with Crippen molar-refractivity contribution in [2.45, 2.75) is 24.2 Å². The molecule has 2 N–H and O–H groups in total. The Morgan fingerprint density at radius 1 is 0.844 bits per heavy atom. The molecule has 3 aromatic rings. The number of rotatable bonds is 7. The molecule has 0 saturated carbocycles. The Morgan fingerprint density at radius 2 is 1.53 bits per heavy atom. The average molecular weight is 453 g/mol. The maximum Gasteiger partial charge on any atom is 0.262 e. The number of anilines is 2. The quantitative estimate of drug-likeness (QED) is 0.560. The van der Waals surface area contributed by atoms with E-state index in [1.807, 2.05) is 30.3 Å². The minimum absolute atomic E-state index is 0.0834. The molecule has 1 heterocycles. The highest BCUT2D eigenvalue weighted by Gasteiger charge is 2.19. The fourth-order valence-electron chi connectivity index (χ4n) is 3.27. The van der Waals surface area contributed by atoms with Crippen molar-refractivity contribution >= 4 is 27.3 Å². The normalized spacial score (nSPS) is 13.1. The molecule has 166 valence electrons. The van der Waals surface area contributed by atoms with Gasteiger partial charge in [-0.25, -0.2) is 8.42 Å². The molecule has 3 aromatic carbocycles. The summed E-state index contributed by atoms with van der Waals surface area (Å²) < 4.78 is 39.2. The zero-order valence-corrected chi connectivity index (χ0v) is 18.2. The Bertz CT molecular complexity index is 1180. The minimum atomic E-state index is -3.81. The average Bonchev–Trinajstić information content (AvgIpc) is 3.04. The number of ether oxygens (including phenoxy) is 2. The second kappa shape index (κ2) is 9.74. The lowest BCUT2D eigenvalue weighted by Gasteiger charge is -2.12. The van der Waals surface area contributed by atoms with Gasteiger partial charge in [0, 0.05) is 30.3 Å². The summed E-state index contributed by atoms with van der Waals surface area (Å²) in [6.45, 7) is 1.01. The number of benzene rings is 3. The fraction of sp³-hybridized carbons (Fsp3) is 0.208. The molecule has 0 saturated heterocycles. The fourth-order valence-corrected chi connectivity index (χ4v) is 4.35. The van der Waals surface area contributed by atoms with Crippen molar-refractivity contribution in [3.8, 4) is 11.5 Å². The van der Waals surface area contributed by atoms with Gasteiger partial charge >= 0.3 is 0 Å². The second-order valence-electron chi connectivity index (χ2n) is 7.38. The van der Waals surface area contributed by atoms with Crippen molar-refractivity contribution in [1.29, 1.82) is 0 Å². The molecule has 4 rings (SSSR count). The van der Waals surface area contributed by atoms with Gasteiger partial charge in [-0.3, -0.25) is 9.52 Å². The molecule has 0 bridgehead atoms. The Labute approximate surface area is 187 Å². The van der Waals surface area contributed by atoms with E-state index in [0.29, 0.717) is 48.9 Å². The first-order chi connectivity index (χ1) is 15.5. The van der Waals surface area contributed by atoms with Crippen LogP contribution in [0.15, 0.2) is 77.7 Å². The third-order valence-corrected chi connectivity index (χ3v) is 6.31. The largest absolute Gasteiger partial charge is 0.490 e. The lowest BCUT2D eigenvalue weighted by atomic mass is 10.1. The second-order valence-corrected chi connectivity index (χ2v) is 9.06. The van der Waals surface area contributed by atoms with E-state index < -0.39 is 10.0 Å². The van der Waals surface area contributed by atoms with Crippen LogP contribution in [-0.2, 0) is 21.2 Å². The summed E-state index contributed by atoms with van der Waals surface area (Å²) >= 11 is 0. The summed E-state index contributed by atoms with van der Waals surface area (Å²) in [5, 5.41) is 2.83. The Kier molecular flexibility index (Phi) is 6.61. The standard InChI is InChI=1S/C24H24N2O5S/c27-24(14-7-18-5-2-1-3-6-18)25-19-8-10-20(11-9-19)26-32(28,29)21-12-13-22-23(17-21)31-16-4-15-30-22/h1-3,5-6,8-13,17,26H,4,7,14-16H2,(H,25,27). The van der Waals surface area contributed by atoms with E-state index in [4.69, 9.17) is 9.47 Å². The highest BCUT2D eigenvalue weighted by molar-refractivity contribution is 7.92. The third kappa shape index (κ3) is 5.59. The molecular weight excluding hydrogens is 428 g/mol. The van der Waals surface area contributed by atoms with Crippen LogP contribution in [0.4, 0.5) is 11.4 Å². The number of hydrogen-bond acceptors (Lipinski definition) is 5. The highest BCUT2D eigenvalue weighted by atomic mass is 32.2. The van der Waals surface area contributed by atoms with Gasteiger partial charge in [0.05, 0.1) is 18.1 Å². The number of carbonyl (C=O) groups excluding carboxylic acids is 1. The van der Waals surface area contributed by atoms with Gasteiger partial charge in [-0.05, 0) is 48.4 Å². The van der Waals surface area contributed by atoms with Gasteiger partial charge in [0.1, 0.15) is 0 Å². The summed E-state index contributed by atoms with van der Waals surface area (Å²) in [6.07, 6.45) is 1.76. The molecule has 1 amide bonds. The number of carbonyl (C=O) groups is 1. The predicted molar refractivity (Wildman–Crippen MR) is 123 cm³/mol. The molecule has 0 aromatic heterocycles. The lowest BCUT2D eigenvalue weighted by molar-refractivity contribution is -0.116. The first kappa shape index (κ1) is 21.7. The monoisotopic (exact) mass is 452 g/mol.